The Kier molecular flexibility index (Phi) is 35.8. The van der Waals surface area contributed by atoms with Crippen molar-refractivity contribution in [3.8, 4) is 0 Å². The number of hydrogen-bond donors (Lipinski definition) is 0. The van der Waals surface area contributed by atoms with Gasteiger partial charge in [-0.1, -0.05) is 159 Å². The van der Waals surface area contributed by atoms with Gasteiger partial charge in [-0.3, -0.25) is 9.59 Å². The third-order valence-corrected chi connectivity index (χ3v) is 9.79. The van der Waals surface area contributed by atoms with Gasteiger partial charge < -0.3 is 28.6 Å². The molecule has 0 aromatic heterocycles. The largest absolute Gasteiger partial charge is 0.544 e. The van der Waals surface area contributed by atoms with E-state index in [-0.39, 0.29) is 42.7 Å². The van der Waals surface area contributed by atoms with Crippen molar-refractivity contribution < 1.29 is 38.2 Å². The van der Waals surface area contributed by atoms with Crippen LogP contribution in [-0.4, -0.2) is 75.5 Å². The third-order valence-electron chi connectivity index (χ3n) is 9.79. The number of carbonyl (C=O) groups excluding carboxylic acids is 3. The average Bonchev–Trinajstić information content (AvgIpc) is 3.12. The fourth-order valence-corrected chi connectivity index (χ4v) is 6.38. The van der Waals surface area contributed by atoms with Crippen LogP contribution in [0.5, 0.6) is 0 Å². The molecule has 0 spiro atoms. The van der Waals surface area contributed by atoms with Gasteiger partial charge >= 0.3 is 11.9 Å². The number of aliphatic carboxylic acids is 1. The van der Waals surface area contributed by atoms with Crippen LogP contribution < -0.4 is 5.11 Å². The van der Waals surface area contributed by atoms with Gasteiger partial charge in [0.2, 0.25) is 0 Å². The maximum atomic E-state index is 12.7. The maximum absolute atomic E-state index is 12.7. The first-order valence-corrected chi connectivity index (χ1v) is 22.0. The number of esters is 2. The normalized spacial score (nSPS) is 13.3. The summed E-state index contributed by atoms with van der Waals surface area (Å²) in [7, 11) is 5.40. The molecule has 0 aliphatic rings. The zero-order valence-electron chi connectivity index (χ0n) is 35.6. The summed E-state index contributed by atoms with van der Waals surface area (Å²) in [5.41, 5.74) is 0. The van der Waals surface area contributed by atoms with Crippen LogP contribution in [0.15, 0.2) is 36.5 Å². The van der Waals surface area contributed by atoms with Crippen LogP contribution in [0.4, 0.5) is 0 Å². The number of carboxylic acids is 1. The van der Waals surface area contributed by atoms with Crippen LogP contribution in [0.25, 0.3) is 0 Å². The first-order chi connectivity index (χ1) is 26.1. The van der Waals surface area contributed by atoms with E-state index in [0.29, 0.717) is 12.8 Å². The Bertz CT molecular complexity index is 984. The topological polar surface area (TPSA) is 102 Å². The smallest absolute Gasteiger partial charge is 0.306 e. The number of carbonyl (C=O) groups is 3. The predicted molar refractivity (Wildman–Crippen MR) is 222 cm³/mol. The standard InChI is InChI=1S/C46H83NO7/c1-6-8-10-12-14-16-18-20-22-23-25-26-28-30-32-34-36-44(48)53-41-42(40-52-39-38-43(46(50)51)47(3,4)5)54-45(49)37-35-33-31-29-27-24-21-19-17-15-13-11-9-7-2/h8,10,14,16,20,22,42-43H,6-7,9,11-13,15,17-19,21,23-41H2,1-5H3/b10-8+,16-14+,22-20+. The Morgan fingerprint density at radius 3 is 1.54 bits per heavy atom. The van der Waals surface area contributed by atoms with Crippen molar-refractivity contribution in [2.45, 2.75) is 199 Å². The van der Waals surface area contributed by atoms with Crippen molar-refractivity contribution in [1.29, 1.82) is 0 Å². The SMILES string of the molecule is CC/C=C/C/C=C/C/C=C/CCCCCCCCC(=O)OCC(COCCC(C(=O)[O-])[N+](C)(C)C)OC(=O)CCCCCCCCCCCCCCCC. The quantitative estimate of drug-likeness (QED) is 0.0266. The summed E-state index contributed by atoms with van der Waals surface area (Å²) >= 11 is 0. The van der Waals surface area contributed by atoms with Crippen LogP contribution in [0.1, 0.15) is 187 Å². The second-order valence-corrected chi connectivity index (χ2v) is 15.9. The van der Waals surface area contributed by atoms with Gasteiger partial charge in [-0.15, -0.1) is 0 Å². The van der Waals surface area contributed by atoms with Crippen molar-refractivity contribution in [3.05, 3.63) is 36.5 Å². The van der Waals surface area contributed by atoms with E-state index < -0.39 is 18.1 Å². The van der Waals surface area contributed by atoms with Gasteiger partial charge in [0, 0.05) is 19.3 Å². The van der Waals surface area contributed by atoms with E-state index in [4.69, 9.17) is 14.2 Å². The van der Waals surface area contributed by atoms with Gasteiger partial charge in [0.1, 0.15) is 12.6 Å². The molecule has 0 N–H and O–H groups in total. The van der Waals surface area contributed by atoms with Crippen molar-refractivity contribution in [1.82, 2.24) is 0 Å². The number of hydrogen-bond acceptors (Lipinski definition) is 7. The van der Waals surface area contributed by atoms with E-state index in [1.54, 1.807) is 21.1 Å². The highest BCUT2D eigenvalue weighted by Gasteiger charge is 2.25. The van der Waals surface area contributed by atoms with Crippen molar-refractivity contribution >= 4 is 17.9 Å². The molecule has 0 bridgehead atoms. The van der Waals surface area contributed by atoms with Crippen molar-refractivity contribution in [2.24, 2.45) is 0 Å². The Labute approximate surface area is 332 Å². The van der Waals surface area contributed by atoms with E-state index >= 15 is 0 Å². The predicted octanol–water partition coefficient (Wildman–Crippen LogP) is 10.5. The van der Waals surface area contributed by atoms with E-state index in [1.165, 1.54) is 83.5 Å². The number of carboxylic acid groups (broad SMARTS) is 1. The molecule has 2 atom stereocenters. The fourth-order valence-electron chi connectivity index (χ4n) is 6.38. The minimum atomic E-state index is -1.13. The van der Waals surface area contributed by atoms with E-state index in [2.05, 4.69) is 50.3 Å². The zero-order chi connectivity index (χ0) is 40.0. The molecule has 0 fully saturated rings. The number of nitrogens with zero attached hydrogens (tertiary/aromatic N) is 1. The molecule has 314 valence electrons. The van der Waals surface area contributed by atoms with Gasteiger partial charge in [-0.25, -0.2) is 0 Å². The van der Waals surface area contributed by atoms with Gasteiger partial charge in [-0.2, -0.15) is 0 Å². The molecule has 0 amide bonds. The van der Waals surface area contributed by atoms with Gasteiger partial charge in [0.25, 0.3) is 0 Å². The second kappa shape index (κ2) is 37.5. The van der Waals surface area contributed by atoms with Crippen LogP contribution in [-0.2, 0) is 28.6 Å². The van der Waals surface area contributed by atoms with Gasteiger partial charge in [0.15, 0.2) is 6.10 Å². The lowest BCUT2D eigenvalue weighted by Gasteiger charge is -2.34. The minimum absolute atomic E-state index is 0.0389. The molecule has 8 nitrogen and oxygen atoms in total. The zero-order valence-corrected chi connectivity index (χ0v) is 35.6. The van der Waals surface area contributed by atoms with Crippen molar-refractivity contribution in [2.75, 3.05) is 41.0 Å². The molecule has 0 aromatic carbocycles. The summed E-state index contributed by atoms with van der Waals surface area (Å²) in [6.45, 7) is 4.54. The summed E-state index contributed by atoms with van der Waals surface area (Å²) in [6, 6.07) is -0.725. The van der Waals surface area contributed by atoms with Crippen LogP contribution >= 0.6 is 0 Å². The molecule has 0 heterocycles. The molecular formula is C46H83NO7. The number of ether oxygens (including phenoxy) is 3. The molecule has 8 heteroatoms. The molecule has 0 radical (unpaired) electrons. The Balaban J connectivity index is 4.35. The van der Waals surface area contributed by atoms with Crippen LogP contribution in [0.3, 0.4) is 0 Å². The monoisotopic (exact) mass is 762 g/mol. The van der Waals surface area contributed by atoms with Crippen LogP contribution in [0.2, 0.25) is 0 Å². The highest BCUT2D eigenvalue weighted by molar-refractivity contribution is 5.70. The Hall–Kier alpha value is -2.45. The molecule has 2 unspecified atom stereocenters. The van der Waals surface area contributed by atoms with E-state index in [0.717, 1.165) is 70.6 Å². The molecular weight excluding hydrogens is 679 g/mol. The van der Waals surface area contributed by atoms with Gasteiger partial charge in [-0.05, 0) is 44.9 Å². The fraction of sp³-hybridized carbons (Fsp3) is 0.804. The lowest BCUT2D eigenvalue weighted by Crippen LogP contribution is -2.55. The highest BCUT2D eigenvalue weighted by atomic mass is 16.6. The van der Waals surface area contributed by atoms with E-state index in [9.17, 15) is 19.5 Å². The summed E-state index contributed by atoms with van der Waals surface area (Å²) < 4.78 is 17.2. The Morgan fingerprint density at radius 2 is 1.04 bits per heavy atom. The number of likely N-dealkylation sites (N-methyl/N-ethyl adjacent to an activating group) is 1. The van der Waals surface area contributed by atoms with Gasteiger partial charge in [0.05, 0.1) is 40.3 Å². The number of quaternary nitrogens is 1. The summed E-state index contributed by atoms with van der Waals surface area (Å²) in [5, 5.41) is 11.6. The molecule has 54 heavy (non-hydrogen) atoms. The summed E-state index contributed by atoms with van der Waals surface area (Å²) in [6.07, 6.45) is 41.6. The lowest BCUT2D eigenvalue weighted by molar-refractivity contribution is -0.889. The Morgan fingerprint density at radius 1 is 0.574 bits per heavy atom. The molecule has 0 saturated heterocycles. The number of allylic oxidation sites excluding steroid dienone is 6. The summed E-state index contributed by atoms with van der Waals surface area (Å²) in [5.74, 6) is -1.75. The minimum Gasteiger partial charge on any atom is -0.544 e. The molecule has 0 aliphatic heterocycles. The third kappa shape index (κ3) is 35.3. The summed E-state index contributed by atoms with van der Waals surface area (Å²) in [4.78, 5) is 36.8. The average molecular weight is 762 g/mol. The van der Waals surface area contributed by atoms with E-state index in [1.807, 2.05) is 0 Å². The molecule has 0 aromatic rings. The molecule has 0 aliphatic carbocycles. The number of rotatable bonds is 39. The lowest BCUT2D eigenvalue weighted by atomic mass is 10.0. The molecule has 0 rings (SSSR count). The van der Waals surface area contributed by atoms with Crippen LogP contribution in [0, 0.1) is 0 Å². The number of unbranched alkanes of at least 4 members (excludes halogenated alkanes) is 19. The second-order valence-electron chi connectivity index (χ2n) is 15.9. The first kappa shape index (κ1) is 51.5. The first-order valence-electron chi connectivity index (χ1n) is 22.0. The molecule has 0 saturated carbocycles. The van der Waals surface area contributed by atoms with Crippen molar-refractivity contribution in [3.63, 3.8) is 0 Å². The maximum Gasteiger partial charge on any atom is 0.306 e. The highest BCUT2D eigenvalue weighted by Crippen LogP contribution is 2.15.